The second kappa shape index (κ2) is 11.3. The standard InChI is InChI=1S/C25H27ClN2O4/c1-4-31-24-13-18(15-27-20-7-5-17(2)22(26)14-20)6-12-23(24)32-16-25(29)28-19-8-10-21(30-3)11-9-19/h5-14,27H,4,15-16H2,1-3H3,(H,28,29). The number of nitrogens with one attached hydrogen (secondary N) is 2. The molecule has 0 radical (unpaired) electrons. The Bertz CT molecular complexity index is 1050. The molecular formula is C25H27ClN2O4. The summed E-state index contributed by atoms with van der Waals surface area (Å²) in [5, 5.41) is 6.87. The number of rotatable bonds is 10. The highest BCUT2D eigenvalue weighted by Crippen LogP contribution is 2.29. The molecule has 0 aromatic heterocycles. The summed E-state index contributed by atoms with van der Waals surface area (Å²) in [4.78, 5) is 12.3. The summed E-state index contributed by atoms with van der Waals surface area (Å²) in [5.41, 5.74) is 3.66. The van der Waals surface area contributed by atoms with Gasteiger partial charge in [0.1, 0.15) is 5.75 Å². The molecule has 6 nitrogen and oxygen atoms in total. The van der Waals surface area contributed by atoms with Crippen LogP contribution in [0.5, 0.6) is 17.2 Å². The predicted molar refractivity (Wildman–Crippen MR) is 128 cm³/mol. The van der Waals surface area contributed by atoms with Crippen molar-refractivity contribution in [3.8, 4) is 17.2 Å². The average Bonchev–Trinajstić information content (AvgIpc) is 2.80. The van der Waals surface area contributed by atoms with E-state index < -0.39 is 0 Å². The van der Waals surface area contributed by atoms with Gasteiger partial charge in [-0.1, -0.05) is 23.7 Å². The first kappa shape index (κ1) is 23.3. The van der Waals surface area contributed by atoms with Crippen LogP contribution >= 0.6 is 11.6 Å². The molecule has 0 aliphatic carbocycles. The summed E-state index contributed by atoms with van der Waals surface area (Å²) in [6.45, 7) is 4.82. The van der Waals surface area contributed by atoms with Crippen LogP contribution < -0.4 is 24.8 Å². The van der Waals surface area contributed by atoms with Crippen LogP contribution in [0, 0.1) is 6.92 Å². The molecule has 0 aliphatic heterocycles. The molecule has 0 bridgehead atoms. The fourth-order valence-corrected chi connectivity index (χ4v) is 3.15. The normalized spacial score (nSPS) is 10.4. The quantitative estimate of drug-likeness (QED) is 0.412. The first-order chi connectivity index (χ1) is 15.5. The Morgan fingerprint density at radius 2 is 1.69 bits per heavy atom. The fourth-order valence-electron chi connectivity index (χ4n) is 2.97. The van der Waals surface area contributed by atoms with Gasteiger partial charge in [-0.25, -0.2) is 0 Å². The van der Waals surface area contributed by atoms with Crippen LogP contribution in [0.4, 0.5) is 11.4 Å². The molecular weight excluding hydrogens is 428 g/mol. The van der Waals surface area contributed by atoms with E-state index in [1.165, 1.54) is 0 Å². The Labute approximate surface area is 193 Å². The molecule has 3 aromatic rings. The third-order valence-corrected chi connectivity index (χ3v) is 5.12. The van der Waals surface area contributed by atoms with E-state index >= 15 is 0 Å². The number of amides is 1. The largest absolute Gasteiger partial charge is 0.497 e. The zero-order chi connectivity index (χ0) is 22.9. The maximum absolute atomic E-state index is 12.3. The van der Waals surface area contributed by atoms with E-state index in [4.69, 9.17) is 25.8 Å². The van der Waals surface area contributed by atoms with Gasteiger partial charge in [0.15, 0.2) is 18.1 Å². The van der Waals surface area contributed by atoms with Crippen molar-refractivity contribution in [3.05, 3.63) is 76.8 Å². The first-order valence-electron chi connectivity index (χ1n) is 10.3. The van der Waals surface area contributed by atoms with Crippen molar-refractivity contribution in [2.45, 2.75) is 20.4 Å². The summed E-state index contributed by atoms with van der Waals surface area (Å²) < 4.78 is 16.6. The van der Waals surface area contributed by atoms with Crippen LogP contribution in [0.3, 0.4) is 0 Å². The number of hydrogen-bond donors (Lipinski definition) is 2. The fraction of sp³-hybridized carbons (Fsp3) is 0.240. The molecule has 3 aromatic carbocycles. The number of ether oxygens (including phenoxy) is 3. The van der Waals surface area contributed by atoms with Crippen molar-refractivity contribution < 1.29 is 19.0 Å². The maximum Gasteiger partial charge on any atom is 0.262 e. The van der Waals surface area contributed by atoms with Crippen LogP contribution in [0.1, 0.15) is 18.1 Å². The molecule has 0 fully saturated rings. The Hall–Kier alpha value is -3.38. The molecule has 1 amide bonds. The highest BCUT2D eigenvalue weighted by atomic mass is 35.5. The number of anilines is 2. The average molecular weight is 455 g/mol. The van der Waals surface area contributed by atoms with E-state index in [1.807, 2.05) is 50.2 Å². The van der Waals surface area contributed by atoms with Crippen LogP contribution in [-0.4, -0.2) is 26.2 Å². The maximum atomic E-state index is 12.3. The Morgan fingerprint density at radius 3 is 2.38 bits per heavy atom. The van der Waals surface area contributed by atoms with E-state index in [2.05, 4.69) is 10.6 Å². The molecule has 168 valence electrons. The highest BCUT2D eigenvalue weighted by Gasteiger charge is 2.10. The molecule has 0 aliphatic rings. The number of carbonyl (C=O) groups is 1. The van der Waals surface area contributed by atoms with Gasteiger partial charge in [-0.2, -0.15) is 0 Å². The van der Waals surface area contributed by atoms with Crippen molar-refractivity contribution in [2.24, 2.45) is 0 Å². The van der Waals surface area contributed by atoms with E-state index in [1.54, 1.807) is 31.4 Å². The van der Waals surface area contributed by atoms with Gasteiger partial charge in [0.2, 0.25) is 0 Å². The number of carbonyl (C=O) groups excluding carboxylic acids is 1. The summed E-state index contributed by atoms with van der Waals surface area (Å²) in [5.74, 6) is 1.56. The van der Waals surface area contributed by atoms with Gasteiger partial charge >= 0.3 is 0 Å². The molecule has 0 saturated heterocycles. The summed E-state index contributed by atoms with van der Waals surface area (Å²) in [7, 11) is 1.59. The SMILES string of the molecule is CCOc1cc(CNc2ccc(C)c(Cl)c2)ccc1OCC(=O)Nc1ccc(OC)cc1. The van der Waals surface area contributed by atoms with E-state index in [0.717, 1.165) is 27.6 Å². The van der Waals surface area contributed by atoms with Crippen LogP contribution in [0.25, 0.3) is 0 Å². The number of halogens is 1. The number of methoxy groups -OCH3 is 1. The third kappa shape index (κ3) is 6.56. The molecule has 0 saturated carbocycles. The first-order valence-corrected chi connectivity index (χ1v) is 10.7. The topological polar surface area (TPSA) is 68.8 Å². The molecule has 3 rings (SSSR count). The van der Waals surface area contributed by atoms with Gasteiger partial charge in [0.25, 0.3) is 5.91 Å². The van der Waals surface area contributed by atoms with Gasteiger partial charge in [-0.15, -0.1) is 0 Å². The molecule has 2 N–H and O–H groups in total. The minimum atomic E-state index is -0.264. The minimum Gasteiger partial charge on any atom is -0.497 e. The molecule has 0 heterocycles. The zero-order valence-electron chi connectivity index (χ0n) is 18.4. The third-order valence-electron chi connectivity index (χ3n) is 4.71. The van der Waals surface area contributed by atoms with E-state index in [-0.39, 0.29) is 12.5 Å². The summed E-state index contributed by atoms with van der Waals surface area (Å²) in [6, 6.07) is 18.6. The van der Waals surface area contributed by atoms with E-state index in [9.17, 15) is 4.79 Å². The molecule has 7 heteroatoms. The van der Waals surface area contributed by atoms with Crippen molar-refractivity contribution in [1.29, 1.82) is 0 Å². The van der Waals surface area contributed by atoms with Gasteiger partial charge in [0.05, 0.1) is 13.7 Å². The second-order valence-corrected chi connectivity index (χ2v) is 7.50. The number of benzene rings is 3. The predicted octanol–water partition coefficient (Wildman–Crippen LogP) is 5.69. The summed E-state index contributed by atoms with van der Waals surface area (Å²) in [6.07, 6.45) is 0. The smallest absolute Gasteiger partial charge is 0.262 e. The van der Waals surface area contributed by atoms with Crippen LogP contribution in [-0.2, 0) is 11.3 Å². The lowest BCUT2D eigenvalue weighted by Crippen LogP contribution is -2.20. The number of aryl methyl sites for hydroxylation is 1. The van der Waals surface area contributed by atoms with Crippen molar-refractivity contribution in [2.75, 3.05) is 31.0 Å². The van der Waals surface area contributed by atoms with Gasteiger partial charge < -0.3 is 24.8 Å². The van der Waals surface area contributed by atoms with Gasteiger partial charge in [0, 0.05) is 22.9 Å². The Balaban J connectivity index is 1.59. The number of hydrogen-bond acceptors (Lipinski definition) is 5. The van der Waals surface area contributed by atoms with E-state index in [0.29, 0.717) is 30.3 Å². The zero-order valence-corrected chi connectivity index (χ0v) is 19.2. The molecule has 32 heavy (non-hydrogen) atoms. The lowest BCUT2D eigenvalue weighted by atomic mass is 10.2. The van der Waals surface area contributed by atoms with Crippen LogP contribution in [0.2, 0.25) is 5.02 Å². The van der Waals surface area contributed by atoms with Crippen molar-refractivity contribution in [1.82, 2.24) is 0 Å². The molecule has 0 unspecified atom stereocenters. The van der Waals surface area contributed by atoms with Crippen molar-refractivity contribution in [3.63, 3.8) is 0 Å². The highest BCUT2D eigenvalue weighted by molar-refractivity contribution is 6.31. The van der Waals surface area contributed by atoms with Gasteiger partial charge in [-0.3, -0.25) is 4.79 Å². The van der Waals surface area contributed by atoms with Gasteiger partial charge in [-0.05, 0) is 73.5 Å². The lowest BCUT2D eigenvalue weighted by Gasteiger charge is -2.14. The molecule has 0 atom stereocenters. The van der Waals surface area contributed by atoms with Crippen LogP contribution in [0.15, 0.2) is 60.7 Å². The van der Waals surface area contributed by atoms with Crippen molar-refractivity contribution >= 4 is 28.9 Å². The minimum absolute atomic E-state index is 0.133. The molecule has 0 spiro atoms. The summed E-state index contributed by atoms with van der Waals surface area (Å²) >= 11 is 6.19. The Kier molecular flexibility index (Phi) is 8.22. The monoisotopic (exact) mass is 454 g/mol. The second-order valence-electron chi connectivity index (χ2n) is 7.10. The lowest BCUT2D eigenvalue weighted by molar-refractivity contribution is -0.118. The Morgan fingerprint density at radius 1 is 0.938 bits per heavy atom.